The second-order valence-electron chi connectivity index (χ2n) is 7.05. The van der Waals surface area contributed by atoms with Crippen molar-refractivity contribution < 1.29 is 5.11 Å². The second kappa shape index (κ2) is 7.07. The van der Waals surface area contributed by atoms with Gasteiger partial charge in [-0.1, -0.05) is 29.5 Å². The summed E-state index contributed by atoms with van der Waals surface area (Å²) in [6.07, 6.45) is 2.21. The van der Waals surface area contributed by atoms with Crippen molar-refractivity contribution in [2.45, 2.75) is 19.4 Å². The van der Waals surface area contributed by atoms with Crippen LogP contribution in [0.2, 0.25) is 5.02 Å². The minimum atomic E-state index is -1.00. The molecule has 1 aliphatic heterocycles. The summed E-state index contributed by atoms with van der Waals surface area (Å²) in [5, 5.41) is 10.5. The zero-order chi connectivity index (χ0) is 18.9. The molecule has 0 aromatic heterocycles. The maximum Gasteiger partial charge on any atom is 0.120 e. The van der Waals surface area contributed by atoms with Crippen molar-refractivity contribution in [3.8, 4) is 11.8 Å². The molecule has 2 aromatic carbocycles. The summed E-state index contributed by atoms with van der Waals surface area (Å²) >= 11 is 6.18. The van der Waals surface area contributed by atoms with Gasteiger partial charge in [0.2, 0.25) is 0 Å². The Kier molecular flexibility index (Phi) is 5.00. The summed E-state index contributed by atoms with van der Waals surface area (Å²) in [4.78, 5) is 4.35. The number of fused-ring (bicyclic) bond motifs is 1. The van der Waals surface area contributed by atoms with Gasteiger partial charge in [0.1, 0.15) is 5.60 Å². The van der Waals surface area contributed by atoms with Gasteiger partial charge in [-0.3, -0.25) is 0 Å². The van der Waals surface area contributed by atoms with Gasteiger partial charge in [0.25, 0.3) is 0 Å². The average Bonchev–Trinajstić information content (AvgIpc) is 2.60. The molecule has 3 nitrogen and oxygen atoms in total. The van der Waals surface area contributed by atoms with Crippen LogP contribution in [0.4, 0.5) is 11.4 Å². The van der Waals surface area contributed by atoms with E-state index < -0.39 is 5.60 Å². The quantitative estimate of drug-likeness (QED) is 0.798. The monoisotopic (exact) mass is 366 g/mol. The molecule has 0 saturated carbocycles. The fraction of sp³-hybridized carbons (Fsp3) is 0.273. The van der Waals surface area contributed by atoms with Gasteiger partial charge < -0.3 is 14.9 Å². The Bertz CT molecular complexity index is 916. The summed E-state index contributed by atoms with van der Waals surface area (Å²) < 4.78 is 0. The van der Waals surface area contributed by atoms with Crippen molar-refractivity contribution in [1.82, 2.24) is 0 Å². The van der Waals surface area contributed by atoms with Crippen LogP contribution in [0, 0.1) is 11.8 Å². The van der Waals surface area contributed by atoms with E-state index >= 15 is 0 Å². The maximum absolute atomic E-state index is 9.81. The third-order valence-corrected chi connectivity index (χ3v) is 4.55. The molecule has 134 valence electrons. The molecule has 0 aliphatic carbocycles. The number of aliphatic hydroxyl groups is 1. The second-order valence-corrected chi connectivity index (χ2v) is 7.49. The largest absolute Gasteiger partial charge is 0.378 e. The molecular formula is C22H23ClN2O. The van der Waals surface area contributed by atoms with E-state index in [1.807, 2.05) is 30.3 Å². The number of anilines is 2. The molecule has 4 heteroatoms. The van der Waals surface area contributed by atoms with Gasteiger partial charge >= 0.3 is 0 Å². The van der Waals surface area contributed by atoms with E-state index in [1.165, 1.54) is 0 Å². The van der Waals surface area contributed by atoms with E-state index in [-0.39, 0.29) is 0 Å². The van der Waals surface area contributed by atoms with Crippen LogP contribution in [-0.2, 0) is 0 Å². The molecule has 1 N–H and O–H groups in total. The molecule has 1 heterocycles. The number of halogens is 1. The number of nitrogens with zero attached hydrogens (tertiary/aromatic N) is 2. The first-order chi connectivity index (χ1) is 12.2. The lowest BCUT2D eigenvalue weighted by molar-refractivity contribution is 0.143. The molecule has 2 aromatic rings. The Labute approximate surface area is 160 Å². The summed E-state index contributed by atoms with van der Waals surface area (Å²) in [5.74, 6) is 5.91. The topological polar surface area (TPSA) is 26.7 Å². The third kappa shape index (κ3) is 4.04. The van der Waals surface area contributed by atoms with Gasteiger partial charge in [-0.15, -0.1) is 0 Å². The molecule has 0 radical (unpaired) electrons. The molecule has 0 saturated heterocycles. The van der Waals surface area contributed by atoms with Crippen molar-refractivity contribution in [1.29, 1.82) is 0 Å². The van der Waals surface area contributed by atoms with Gasteiger partial charge in [0.15, 0.2) is 0 Å². The predicted molar refractivity (Wildman–Crippen MR) is 111 cm³/mol. The molecular weight excluding hydrogens is 344 g/mol. The first kappa shape index (κ1) is 18.4. The fourth-order valence-corrected chi connectivity index (χ4v) is 3.11. The van der Waals surface area contributed by atoms with Crippen LogP contribution in [0.1, 0.15) is 25.0 Å². The molecule has 26 heavy (non-hydrogen) atoms. The lowest BCUT2D eigenvalue weighted by atomic mass is 10.0. The third-order valence-electron chi connectivity index (χ3n) is 4.31. The van der Waals surface area contributed by atoms with Crippen molar-refractivity contribution in [2.24, 2.45) is 0 Å². The van der Waals surface area contributed by atoms with E-state index in [4.69, 9.17) is 11.6 Å². The molecule has 0 amide bonds. The molecule has 0 bridgehead atoms. The van der Waals surface area contributed by atoms with Crippen LogP contribution in [0.5, 0.6) is 0 Å². The Morgan fingerprint density at radius 2 is 1.96 bits per heavy atom. The first-order valence-electron chi connectivity index (χ1n) is 8.55. The number of rotatable bonds is 2. The van der Waals surface area contributed by atoms with E-state index in [2.05, 4.69) is 53.9 Å². The Morgan fingerprint density at radius 3 is 2.69 bits per heavy atom. The minimum Gasteiger partial charge on any atom is -0.378 e. The Morgan fingerprint density at radius 1 is 1.19 bits per heavy atom. The lowest BCUT2D eigenvalue weighted by Crippen LogP contribution is -2.27. The van der Waals surface area contributed by atoms with Gasteiger partial charge in [0.05, 0.1) is 0 Å². The van der Waals surface area contributed by atoms with E-state index in [0.29, 0.717) is 0 Å². The highest BCUT2D eigenvalue weighted by Crippen LogP contribution is 2.36. The smallest absolute Gasteiger partial charge is 0.120 e. The summed E-state index contributed by atoms with van der Waals surface area (Å²) in [6, 6.07) is 14.0. The fourth-order valence-electron chi connectivity index (χ4n) is 2.94. The molecule has 3 rings (SSSR count). The summed E-state index contributed by atoms with van der Waals surface area (Å²) in [6.45, 7) is 4.19. The zero-order valence-corrected chi connectivity index (χ0v) is 16.3. The maximum atomic E-state index is 9.81. The lowest BCUT2D eigenvalue weighted by Gasteiger charge is -2.32. The molecule has 0 spiro atoms. The van der Waals surface area contributed by atoms with Crippen LogP contribution in [0.3, 0.4) is 0 Å². The number of benzene rings is 2. The summed E-state index contributed by atoms with van der Waals surface area (Å²) in [5.41, 5.74) is 4.34. The highest BCUT2D eigenvalue weighted by Gasteiger charge is 2.20. The van der Waals surface area contributed by atoms with Crippen LogP contribution in [-0.4, -0.2) is 31.3 Å². The van der Waals surface area contributed by atoms with Crippen LogP contribution >= 0.6 is 11.6 Å². The average molecular weight is 367 g/mol. The minimum absolute atomic E-state index is 0.739. The highest BCUT2D eigenvalue weighted by atomic mass is 35.5. The van der Waals surface area contributed by atoms with Gasteiger partial charge in [-0.2, -0.15) is 0 Å². The number of hydrogen-bond donors (Lipinski definition) is 1. The van der Waals surface area contributed by atoms with Gasteiger partial charge in [0, 0.05) is 53.9 Å². The normalized spacial score (nSPS) is 13.5. The SMILES string of the molecule is CN1CC=C(N(C)c2cccc(C#CC(C)(C)O)c2)c2ccc(Cl)cc21. The Balaban J connectivity index is 1.95. The molecule has 0 atom stereocenters. The van der Waals surface area contributed by atoms with Crippen LogP contribution < -0.4 is 9.80 Å². The van der Waals surface area contributed by atoms with Crippen molar-refractivity contribution >= 4 is 28.7 Å². The van der Waals surface area contributed by atoms with Crippen LogP contribution in [0.25, 0.3) is 5.70 Å². The molecule has 1 aliphatic rings. The van der Waals surface area contributed by atoms with E-state index in [9.17, 15) is 5.11 Å². The predicted octanol–water partition coefficient (Wildman–Crippen LogP) is 4.39. The number of hydrogen-bond acceptors (Lipinski definition) is 3. The van der Waals surface area contributed by atoms with Crippen LogP contribution in [0.15, 0.2) is 48.5 Å². The van der Waals surface area contributed by atoms with E-state index in [1.54, 1.807) is 13.8 Å². The van der Waals surface area contributed by atoms with Gasteiger partial charge in [-0.05, 0) is 56.3 Å². The number of likely N-dealkylation sites (N-methyl/N-ethyl adjacent to an activating group) is 1. The highest BCUT2D eigenvalue weighted by molar-refractivity contribution is 6.31. The molecule has 0 unspecified atom stereocenters. The molecule has 0 fully saturated rings. The first-order valence-corrected chi connectivity index (χ1v) is 8.93. The standard InChI is InChI=1S/C22H23ClN2O/c1-22(2,26)12-10-16-6-5-7-18(14-16)25(4)20-11-13-24(3)21-15-17(23)8-9-19(20)21/h5-9,11,14-15,26H,13H2,1-4H3. The van der Waals surface area contributed by atoms with Crippen molar-refractivity contribution in [2.75, 3.05) is 30.4 Å². The zero-order valence-electron chi connectivity index (χ0n) is 15.5. The van der Waals surface area contributed by atoms with Crippen molar-refractivity contribution in [3.63, 3.8) is 0 Å². The Hall–Kier alpha value is -2.41. The van der Waals surface area contributed by atoms with E-state index in [0.717, 1.165) is 39.8 Å². The summed E-state index contributed by atoms with van der Waals surface area (Å²) in [7, 11) is 4.12. The van der Waals surface area contributed by atoms with Gasteiger partial charge in [-0.25, -0.2) is 0 Å². The van der Waals surface area contributed by atoms with Crippen molar-refractivity contribution in [3.05, 3.63) is 64.7 Å².